The number of rotatable bonds is 6. The minimum Gasteiger partial charge on any atom is -0.345 e. The highest BCUT2D eigenvalue weighted by atomic mass is 32.1. The van der Waals surface area contributed by atoms with Crippen LogP contribution in [0.25, 0.3) is 0 Å². The first-order valence-electron chi connectivity index (χ1n) is 7.99. The zero-order valence-electron chi connectivity index (χ0n) is 13.6. The van der Waals surface area contributed by atoms with Crippen LogP contribution in [0.4, 0.5) is 5.13 Å². The molecule has 1 aliphatic heterocycles. The normalized spacial score (nSPS) is 23.0. The molecule has 3 nitrogen and oxygen atoms in total. The van der Waals surface area contributed by atoms with Gasteiger partial charge in [0.15, 0.2) is 5.13 Å². The minimum atomic E-state index is 0.528. The van der Waals surface area contributed by atoms with E-state index >= 15 is 0 Å². The molecule has 0 radical (unpaired) electrons. The highest BCUT2D eigenvalue weighted by molar-refractivity contribution is 7.15. The largest absolute Gasteiger partial charge is 0.345 e. The maximum atomic E-state index is 4.95. The van der Waals surface area contributed by atoms with Crippen molar-refractivity contribution in [3.63, 3.8) is 0 Å². The van der Waals surface area contributed by atoms with Crippen molar-refractivity contribution in [1.82, 2.24) is 10.3 Å². The molecule has 2 atom stereocenters. The summed E-state index contributed by atoms with van der Waals surface area (Å²) in [6, 6.07) is 1.16. The molecule has 1 saturated heterocycles. The Balaban J connectivity index is 2.15. The molecule has 2 unspecified atom stereocenters. The molecule has 0 aromatic carbocycles. The standard InChI is InChI=1S/C16H29N3S/c1-6-7-14-15(9-17-11(2)3)20-16(18-14)19-10-12(4)8-13(19)5/h11-13,17H,6-10H2,1-5H3. The number of hydrogen-bond acceptors (Lipinski definition) is 4. The van der Waals surface area contributed by atoms with Crippen molar-refractivity contribution in [3.05, 3.63) is 10.6 Å². The Morgan fingerprint density at radius 1 is 1.40 bits per heavy atom. The van der Waals surface area contributed by atoms with Crippen LogP contribution in [0.1, 0.15) is 58.0 Å². The molecular weight excluding hydrogens is 266 g/mol. The number of anilines is 1. The molecule has 2 rings (SSSR count). The average molecular weight is 295 g/mol. The number of thiazole rings is 1. The lowest BCUT2D eigenvalue weighted by Gasteiger charge is -2.20. The van der Waals surface area contributed by atoms with E-state index in [4.69, 9.17) is 4.98 Å². The predicted molar refractivity (Wildman–Crippen MR) is 88.7 cm³/mol. The molecule has 0 saturated carbocycles. The number of nitrogens with one attached hydrogen (secondary N) is 1. The SMILES string of the molecule is CCCc1nc(N2CC(C)CC2C)sc1CNC(C)C. The third-order valence-corrected chi connectivity index (χ3v) is 5.09. The predicted octanol–water partition coefficient (Wildman–Crippen LogP) is 3.83. The van der Waals surface area contributed by atoms with Crippen molar-refractivity contribution in [2.45, 2.75) is 72.5 Å². The van der Waals surface area contributed by atoms with Gasteiger partial charge in [-0.1, -0.05) is 34.1 Å². The van der Waals surface area contributed by atoms with Crippen LogP contribution in [0, 0.1) is 5.92 Å². The maximum absolute atomic E-state index is 4.95. The fourth-order valence-electron chi connectivity index (χ4n) is 2.93. The van der Waals surface area contributed by atoms with Crippen LogP contribution in [0.2, 0.25) is 0 Å². The van der Waals surface area contributed by atoms with Crippen LogP contribution in [-0.2, 0) is 13.0 Å². The van der Waals surface area contributed by atoms with E-state index in [9.17, 15) is 0 Å². The van der Waals surface area contributed by atoms with Gasteiger partial charge in [0.05, 0.1) is 5.69 Å². The Morgan fingerprint density at radius 2 is 2.15 bits per heavy atom. The van der Waals surface area contributed by atoms with E-state index in [-0.39, 0.29) is 0 Å². The lowest BCUT2D eigenvalue weighted by molar-refractivity contribution is 0.589. The Hall–Kier alpha value is -0.610. The van der Waals surface area contributed by atoms with Gasteiger partial charge in [0.25, 0.3) is 0 Å². The van der Waals surface area contributed by atoms with Gasteiger partial charge in [0.2, 0.25) is 0 Å². The lowest BCUT2D eigenvalue weighted by Crippen LogP contribution is -2.26. The van der Waals surface area contributed by atoms with Gasteiger partial charge in [-0.05, 0) is 25.7 Å². The van der Waals surface area contributed by atoms with Gasteiger partial charge < -0.3 is 10.2 Å². The van der Waals surface area contributed by atoms with E-state index in [0.29, 0.717) is 12.1 Å². The third kappa shape index (κ3) is 3.73. The van der Waals surface area contributed by atoms with Gasteiger partial charge in [0.1, 0.15) is 0 Å². The summed E-state index contributed by atoms with van der Waals surface area (Å²) in [5, 5.41) is 4.78. The minimum absolute atomic E-state index is 0.528. The van der Waals surface area contributed by atoms with Gasteiger partial charge in [-0.2, -0.15) is 0 Å². The van der Waals surface area contributed by atoms with Crippen molar-refractivity contribution >= 4 is 16.5 Å². The fraction of sp³-hybridized carbons (Fsp3) is 0.812. The van der Waals surface area contributed by atoms with Crippen LogP contribution in [0.15, 0.2) is 0 Å². The zero-order valence-corrected chi connectivity index (χ0v) is 14.4. The summed E-state index contributed by atoms with van der Waals surface area (Å²) in [5.41, 5.74) is 1.31. The average Bonchev–Trinajstić information content (AvgIpc) is 2.91. The fourth-order valence-corrected chi connectivity index (χ4v) is 4.10. The van der Waals surface area contributed by atoms with Crippen LogP contribution in [0.5, 0.6) is 0 Å². The van der Waals surface area contributed by atoms with E-state index in [1.807, 2.05) is 11.3 Å². The molecule has 0 aliphatic carbocycles. The lowest BCUT2D eigenvalue weighted by atomic mass is 10.1. The topological polar surface area (TPSA) is 28.2 Å². The Bertz CT molecular complexity index is 427. The zero-order chi connectivity index (χ0) is 14.7. The van der Waals surface area contributed by atoms with Crippen molar-refractivity contribution in [1.29, 1.82) is 0 Å². The summed E-state index contributed by atoms with van der Waals surface area (Å²) >= 11 is 1.90. The molecule has 1 fully saturated rings. The maximum Gasteiger partial charge on any atom is 0.186 e. The quantitative estimate of drug-likeness (QED) is 0.864. The van der Waals surface area contributed by atoms with Gasteiger partial charge >= 0.3 is 0 Å². The second kappa shape index (κ2) is 6.90. The first-order valence-corrected chi connectivity index (χ1v) is 8.81. The van der Waals surface area contributed by atoms with Crippen molar-refractivity contribution in [3.8, 4) is 0 Å². The van der Waals surface area contributed by atoms with Gasteiger partial charge in [-0.3, -0.25) is 0 Å². The van der Waals surface area contributed by atoms with Crippen LogP contribution >= 0.6 is 11.3 Å². The monoisotopic (exact) mass is 295 g/mol. The van der Waals surface area contributed by atoms with Gasteiger partial charge in [-0.25, -0.2) is 4.98 Å². The molecule has 1 aromatic heterocycles. The molecule has 2 heterocycles. The van der Waals surface area contributed by atoms with E-state index in [1.165, 1.54) is 28.5 Å². The Morgan fingerprint density at radius 3 is 2.70 bits per heavy atom. The number of aromatic nitrogens is 1. The van der Waals surface area contributed by atoms with Crippen molar-refractivity contribution < 1.29 is 0 Å². The number of aryl methyl sites for hydroxylation is 1. The molecule has 4 heteroatoms. The Kier molecular flexibility index (Phi) is 5.44. The molecular formula is C16H29N3S. The molecule has 0 bridgehead atoms. The number of hydrogen-bond donors (Lipinski definition) is 1. The molecule has 0 amide bonds. The highest BCUT2D eigenvalue weighted by Crippen LogP contribution is 2.34. The molecule has 114 valence electrons. The van der Waals surface area contributed by atoms with Crippen LogP contribution in [-0.4, -0.2) is 23.6 Å². The van der Waals surface area contributed by atoms with E-state index in [2.05, 4.69) is 44.8 Å². The molecule has 1 N–H and O–H groups in total. The van der Waals surface area contributed by atoms with Crippen molar-refractivity contribution in [2.24, 2.45) is 5.92 Å². The van der Waals surface area contributed by atoms with Crippen LogP contribution < -0.4 is 10.2 Å². The smallest absolute Gasteiger partial charge is 0.186 e. The van der Waals surface area contributed by atoms with E-state index in [0.717, 1.165) is 25.4 Å². The van der Waals surface area contributed by atoms with E-state index < -0.39 is 0 Å². The van der Waals surface area contributed by atoms with E-state index in [1.54, 1.807) is 0 Å². The number of nitrogens with zero attached hydrogens (tertiary/aromatic N) is 2. The summed E-state index contributed by atoms with van der Waals surface area (Å²) in [5.74, 6) is 0.792. The first-order chi connectivity index (χ1) is 9.51. The highest BCUT2D eigenvalue weighted by Gasteiger charge is 2.29. The van der Waals surface area contributed by atoms with Gasteiger partial charge in [0, 0.05) is 30.1 Å². The molecule has 1 aliphatic rings. The summed E-state index contributed by atoms with van der Waals surface area (Å²) in [4.78, 5) is 8.89. The second-order valence-corrected chi connectivity index (χ2v) is 7.56. The van der Waals surface area contributed by atoms with Crippen LogP contribution in [0.3, 0.4) is 0 Å². The third-order valence-electron chi connectivity index (χ3n) is 3.95. The first kappa shape index (κ1) is 15.8. The Labute approximate surface area is 127 Å². The molecule has 0 spiro atoms. The molecule has 1 aromatic rings. The summed E-state index contributed by atoms with van der Waals surface area (Å²) < 4.78 is 0. The van der Waals surface area contributed by atoms with Gasteiger partial charge in [-0.15, -0.1) is 11.3 Å². The molecule has 20 heavy (non-hydrogen) atoms. The van der Waals surface area contributed by atoms with Crippen molar-refractivity contribution in [2.75, 3.05) is 11.4 Å². The summed E-state index contributed by atoms with van der Waals surface area (Å²) in [7, 11) is 0. The second-order valence-electron chi connectivity index (χ2n) is 6.49. The summed E-state index contributed by atoms with van der Waals surface area (Å²) in [6.07, 6.45) is 3.56. The summed E-state index contributed by atoms with van der Waals surface area (Å²) in [6.45, 7) is 13.4.